The molecule has 1 aromatic carbocycles. The maximum absolute atomic E-state index is 11.9. The molecule has 0 aliphatic carbocycles. The number of sulfonamides is 1. The lowest BCUT2D eigenvalue weighted by atomic mass is 10.1. The van der Waals surface area contributed by atoms with Crippen molar-refractivity contribution in [3.8, 4) is 0 Å². The van der Waals surface area contributed by atoms with Gasteiger partial charge in [0.25, 0.3) is 0 Å². The Labute approximate surface area is 131 Å². The summed E-state index contributed by atoms with van der Waals surface area (Å²) in [5.74, 6) is -0.911. The van der Waals surface area contributed by atoms with Gasteiger partial charge in [0.15, 0.2) is 0 Å². The SMILES string of the molecule is C[C@H]1CN(Cc2ccccc2)[C@@H](CC(=O)O)CN1S(C)(=O)=O. The van der Waals surface area contributed by atoms with Gasteiger partial charge in [0, 0.05) is 31.7 Å². The summed E-state index contributed by atoms with van der Waals surface area (Å²) < 4.78 is 25.1. The highest BCUT2D eigenvalue weighted by Crippen LogP contribution is 2.22. The van der Waals surface area contributed by atoms with E-state index >= 15 is 0 Å². The smallest absolute Gasteiger partial charge is 0.304 e. The second kappa shape index (κ2) is 6.76. The number of piperazine rings is 1. The number of hydrogen-bond acceptors (Lipinski definition) is 4. The Hall–Kier alpha value is -1.44. The van der Waals surface area contributed by atoms with Crippen molar-refractivity contribution in [2.75, 3.05) is 19.3 Å². The molecule has 1 N–H and O–H groups in total. The van der Waals surface area contributed by atoms with Crippen molar-refractivity contribution in [1.29, 1.82) is 0 Å². The summed E-state index contributed by atoms with van der Waals surface area (Å²) >= 11 is 0. The number of nitrogens with zero attached hydrogens (tertiary/aromatic N) is 2. The summed E-state index contributed by atoms with van der Waals surface area (Å²) in [7, 11) is -3.33. The Bertz CT molecular complexity index is 618. The fourth-order valence-corrected chi connectivity index (χ4v) is 4.11. The minimum atomic E-state index is -3.33. The van der Waals surface area contributed by atoms with Crippen LogP contribution in [0.25, 0.3) is 0 Å². The highest BCUT2D eigenvalue weighted by molar-refractivity contribution is 7.88. The van der Waals surface area contributed by atoms with Gasteiger partial charge in [-0.1, -0.05) is 30.3 Å². The number of aliphatic carboxylic acids is 1. The van der Waals surface area contributed by atoms with Gasteiger partial charge < -0.3 is 5.11 Å². The predicted octanol–water partition coefficient (Wildman–Crippen LogP) is 0.996. The lowest BCUT2D eigenvalue weighted by molar-refractivity contribution is -0.139. The van der Waals surface area contributed by atoms with E-state index in [2.05, 4.69) is 4.90 Å². The molecule has 1 aromatic rings. The molecule has 2 rings (SSSR count). The molecule has 1 aliphatic rings. The van der Waals surface area contributed by atoms with Gasteiger partial charge in [0.05, 0.1) is 12.7 Å². The van der Waals surface area contributed by atoms with Crippen LogP contribution < -0.4 is 0 Å². The maximum atomic E-state index is 11.9. The molecular weight excluding hydrogens is 304 g/mol. The Morgan fingerprint density at radius 2 is 1.91 bits per heavy atom. The summed E-state index contributed by atoms with van der Waals surface area (Å²) in [4.78, 5) is 13.2. The van der Waals surface area contributed by atoms with Gasteiger partial charge in [-0.2, -0.15) is 4.31 Å². The second-order valence-corrected chi connectivity index (χ2v) is 7.78. The largest absolute Gasteiger partial charge is 0.481 e. The van der Waals surface area contributed by atoms with E-state index in [1.165, 1.54) is 10.6 Å². The molecule has 0 aromatic heterocycles. The summed E-state index contributed by atoms with van der Waals surface area (Å²) in [6.45, 7) is 3.23. The molecule has 0 amide bonds. The molecule has 22 heavy (non-hydrogen) atoms. The standard InChI is InChI=1S/C15H22N2O4S/c1-12-9-16(10-13-6-4-3-5-7-13)14(8-15(18)19)11-17(12)22(2,20)21/h3-7,12,14H,8-11H2,1-2H3,(H,18,19)/t12-,14-/m0/s1. The predicted molar refractivity (Wildman–Crippen MR) is 83.9 cm³/mol. The average molecular weight is 326 g/mol. The Morgan fingerprint density at radius 1 is 1.27 bits per heavy atom. The van der Waals surface area contributed by atoms with E-state index in [4.69, 9.17) is 5.11 Å². The van der Waals surface area contributed by atoms with Crippen LogP contribution in [0.3, 0.4) is 0 Å². The molecule has 1 aliphatic heterocycles. The molecule has 0 radical (unpaired) electrons. The van der Waals surface area contributed by atoms with Gasteiger partial charge in [-0.3, -0.25) is 9.69 Å². The van der Waals surface area contributed by atoms with E-state index in [1.54, 1.807) is 0 Å². The second-order valence-electron chi connectivity index (χ2n) is 5.85. The fourth-order valence-electron chi connectivity index (χ4n) is 2.95. The molecule has 1 heterocycles. The molecule has 0 spiro atoms. The molecule has 0 saturated carbocycles. The van der Waals surface area contributed by atoms with Gasteiger partial charge in [-0.25, -0.2) is 8.42 Å². The summed E-state index contributed by atoms with van der Waals surface area (Å²) in [6, 6.07) is 9.32. The Morgan fingerprint density at radius 3 is 2.45 bits per heavy atom. The van der Waals surface area contributed by atoms with Gasteiger partial charge >= 0.3 is 5.97 Å². The molecule has 1 saturated heterocycles. The van der Waals surface area contributed by atoms with Crippen molar-refractivity contribution >= 4 is 16.0 Å². The highest BCUT2D eigenvalue weighted by Gasteiger charge is 2.36. The van der Waals surface area contributed by atoms with Crippen LogP contribution in [0.15, 0.2) is 30.3 Å². The van der Waals surface area contributed by atoms with E-state index in [0.717, 1.165) is 5.56 Å². The quantitative estimate of drug-likeness (QED) is 0.873. The lowest BCUT2D eigenvalue weighted by Crippen LogP contribution is -2.58. The highest BCUT2D eigenvalue weighted by atomic mass is 32.2. The van der Waals surface area contributed by atoms with Crippen molar-refractivity contribution in [3.05, 3.63) is 35.9 Å². The van der Waals surface area contributed by atoms with E-state index in [0.29, 0.717) is 13.1 Å². The van der Waals surface area contributed by atoms with Gasteiger partial charge in [0.2, 0.25) is 10.0 Å². The number of carbonyl (C=O) groups is 1. The van der Waals surface area contributed by atoms with Crippen molar-refractivity contribution in [1.82, 2.24) is 9.21 Å². The van der Waals surface area contributed by atoms with Crippen LogP contribution in [0.1, 0.15) is 18.9 Å². The molecule has 0 unspecified atom stereocenters. The average Bonchev–Trinajstić information content (AvgIpc) is 2.41. The number of carboxylic acids is 1. The molecule has 122 valence electrons. The van der Waals surface area contributed by atoms with Crippen LogP contribution in [0, 0.1) is 0 Å². The number of rotatable bonds is 5. The normalized spacial score (nSPS) is 24.3. The molecular formula is C15H22N2O4S. The van der Waals surface area contributed by atoms with Gasteiger partial charge in [-0.15, -0.1) is 0 Å². The molecule has 6 nitrogen and oxygen atoms in total. The first-order chi connectivity index (χ1) is 10.3. The molecule has 2 atom stereocenters. The zero-order valence-electron chi connectivity index (χ0n) is 12.8. The minimum absolute atomic E-state index is 0.0639. The first-order valence-electron chi connectivity index (χ1n) is 7.24. The van der Waals surface area contributed by atoms with Crippen LogP contribution in [0.5, 0.6) is 0 Å². The molecule has 7 heteroatoms. The Balaban J connectivity index is 2.18. The van der Waals surface area contributed by atoms with Crippen LogP contribution in [0.4, 0.5) is 0 Å². The van der Waals surface area contributed by atoms with Crippen molar-refractivity contribution in [2.24, 2.45) is 0 Å². The first kappa shape index (κ1) is 16.9. The zero-order valence-corrected chi connectivity index (χ0v) is 13.7. The summed E-state index contributed by atoms with van der Waals surface area (Å²) in [6.07, 6.45) is 1.11. The van der Waals surface area contributed by atoms with E-state index in [1.807, 2.05) is 37.3 Å². The third kappa shape index (κ3) is 4.28. The van der Waals surface area contributed by atoms with Crippen molar-refractivity contribution in [3.63, 3.8) is 0 Å². The van der Waals surface area contributed by atoms with E-state index in [-0.39, 0.29) is 25.0 Å². The van der Waals surface area contributed by atoms with Gasteiger partial charge in [-0.05, 0) is 12.5 Å². The summed E-state index contributed by atoms with van der Waals surface area (Å²) in [5.41, 5.74) is 1.10. The minimum Gasteiger partial charge on any atom is -0.481 e. The topological polar surface area (TPSA) is 77.9 Å². The van der Waals surface area contributed by atoms with Crippen LogP contribution in [-0.2, 0) is 21.4 Å². The van der Waals surface area contributed by atoms with Gasteiger partial charge in [0.1, 0.15) is 0 Å². The number of benzene rings is 1. The Kier molecular flexibility index (Phi) is 5.20. The van der Waals surface area contributed by atoms with Crippen molar-refractivity contribution in [2.45, 2.75) is 32.0 Å². The van der Waals surface area contributed by atoms with Crippen molar-refractivity contribution < 1.29 is 18.3 Å². The molecule has 1 fully saturated rings. The van der Waals surface area contributed by atoms with Crippen LogP contribution >= 0.6 is 0 Å². The van der Waals surface area contributed by atoms with Crippen LogP contribution in [-0.4, -0.2) is 60.1 Å². The fraction of sp³-hybridized carbons (Fsp3) is 0.533. The third-order valence-corrected chi connectivity index (χ3v) is 5.32. The monoisotopic (exact) mass is 326 g/mol. The van der Waals surface area contributed by atoms with E-state index in [9.17, 15) is 13.2 Å². The number of carboxylic acid groups (broad SMARTS) is 1. The first-order valence-corrected chi connectivity index (χ1v) is 9.09. The zero-order chi connectivity index (χ0) is 16.3. The van der Waals surface area contributed by atoms with Crippen LogP contribution in [0.2, 0.25) is 0 Å². The number of hydrogen-bond donors (Lipinski definition) is 1. The van der Waals surface area contributed by atoms with E-state index < -0.39 is 16.0 Å². The third-order valence-electron chi connectivity index (χ3n) is 3.96. The summed E-state index contributed by atoms with van der Waals surface area (Å²) in [5, 5.41) is 9.11. The maximum Gasteiger partial charge on any atom is 0.304 e. The molecule has 0 bridgehead atoms. The lowest BCUT2D eigenvalue weighted by Gasteiger charge is -2.43.